The van der Waals surface area contributed by atoms with Crippen molar-refractivity contribution >= 4 is 8.80 Å². The molecule has 0 atom stereocenters. The summed E-state index contributed by atoms with van der Waals surface area (Å²) in [5, 5.41) is 0. The molecule has 85 valence electrons. The molecule has 0 aliphatic heterocycles. The highest BCUT2D eigenvalue weighted by atomic mass is 28.3. The summed E-state index contributed by atoms with van der Waals surface area (Å²) in [6.07, 6.45) is 13.2. The van der Waals surface area contributed by atoms with E-state index >= 15 is 0 Å². The molecule has 0 amide bonds. The van der Waals surface area contributed by atoms with Gasteiger partial charge in [0.25, 0.3) is 0 Å². The molecule has 0 bridgehead atoms. The third-order valence-electron chi connectivity index (χ3n) is 2.78. The molecule has 0 N–H and O–H groups in total. The van der Waals surface area contributed by atoms with Crippen LogP contribution in [-0.4, -0.2) is 8.80 Å². The summed E-state index contributed by atoms with van der Waals surface area (Å²) in [7, 11) is 0.0611. The van der Waals surface area contributed by atoms with Crippen molar-refractivity contribution in [1.29, 1.82) is 0 Å². The highest BCUT2D eigenvalue weighted by Crippen LogP contribution is 2.11. The summed E-state index contributed by atoms with van der Waals surface area (Å²) in [5.74, 6) is 0. The number of hydrogen-bond acceptors (Lipinski definition) is 0. The number of hydrogen-bond donors (Lipinski definition) is 0. The van der Waals surface area contributed by atoms with Gasteiger partial charge in [-0.2, -0.15) is 0 Å². The standard InChI is InChI=1S/C13H29Si/c1-4-5-6-7-8-9-10-11-12-13-14(2)3/h4-13H2,1-3H3. The molecule has 1 heteroatoms. The van der Waals surface area contributed by atoms with Crippen LogP contribution in [-0.2, 0) is 0 Å². The number of unbranched alkanes of at least 4 members (excludes halogenated alkanes) is 8. The van der Waals surface area contributed by atoms with E-state index in [1.165, 1.54) is 63.8 Å². The second-order valence-electron chi connectivity index (χ2n) is 4.79. The summed E-state index contributed by atoms with van der Waals surface area (Å²) in [5.41, 5.74) is 0. The molecule has 0 aromatic carbocycles. The molecule has 0 heterocycles. The lowest BCUT2D eigenvalue weighted by atomic mass is 10.1. The maximum Gasteiger partial charge on any atom is 0.0412 e. The van der Waals surface area contributed by atoms with Crippen LogP contribution < -0.4 is 0 Å². The van der Waals surface area contributed by atoms with E-state index in [4.69, 9.17) is 0 Å². The summed E-state index contributed by atoms with van der Waals surface area (Å²) < 4.78 is 0. The highest BCUT2D eigenvalue weighted by molar-refractivity contribution is 6.55. The molecular weight excluding hydrogens is 184 g/mol. The Balaban J connectivity index is 2.85. The van der Waals surface area contributed by atoms with Crippen LogP contribution in [0.15, 0.2) is 0 Å². The van der Waals surface area contributed by atoms with Gasteiger partial charge in [-0.25, -0.2) is 0 Å². The van der Waals surface area contributed by atoms with Crippen LogP contribution in [0, 0.1) is 0 Å². The summed E-state index contributed by atoms with van der Waals surface area (Å²) >= 11 is 0. The van der Waals surface area contributed by atoms with Crippen molar-refractivity contribution in [2.45, 2.75) is 83.8 Å². The molecule has 0 nitrogen and oxygen atoms in total. The van der Waals surface area contributed by atoms with Gasteiger partial charge in [0.1, 0.15) is 0 Å². The summed E-state index contributed by atoms with van der Waals surface area (Å²) in [6, 6.07) is 1.53. The molecule has 0 spiro atoms. The van der Waals surface area contributed by atoms with E-state index in [2.05, 4.69) is 20.0 Å². The minimum Gasteiger partial charge on any atom is -0.0713 e. The van der Waals surface area contributed by atoms with Gasteiger partial charge >= 0.3 is 0 Å². The topological polar surface area (TPSA) is 0 Å². The molecule has 0 unspecified atom stereocenters. The second kappa shape index (κ2) is 11.3. The fourth-order valence-electron chi connectivity index (χ4n) is 1.79. The first-order valence-corrected chi connectivity index (χ1v) is 9.27. The predicted octanol–water partition coefficient (Wildman–Crippen LogP) is 5.27. The van der Waals surface area contributed by atoms with E-state index in [0.29, 0.717) is 0 Å². The minimum atomic E-state index is 0.0611. The SMILES string of the molecule is CCCCCCCCCCC[Si](C)C. The van der Waals surface area contributed by atoms with Crippen molar-refractivity contribution in [2.24, 2.45) is 0 Å². The lowest BCUT2D eigenvalue weighted by Crippen LogP contribution is -1.97. The Hall–Kier alpha value is 0.217. The van der Waals surface area contributed by atoms with Crippen LogP contribution in [0.3, 0.4) is 0 Å². The van der Waals surface area contributed by atoms with Crippen LogP contribution in [0.25, 0.3) is 0 Å². The van der Waals surface area contributed by atoms with E-state index in [0.717, 1.165) is 0 Å². The molecular formula is C13H29Si. The van der Waals surface area contributed by atoms with Crippen molar-refractivity contribution in [1.82, 2.24) is 0 Å². The lowest BCUT2D eigenvalue weighted by Gasteiger charge is -2.03. The van der Waals surface area contributed by atoms with E-state index in [1.807, 2.05) is 0 Å². The largest absolute Gasteiger partial charge is 0.0713 e. The van der Waals surface area contributed by atoms with Crippen molar-refractivity contribution in [3.63, 3.8) is 0 Å². The Morgan fingerprint density at radius 3 is 1.50 bits per heavy atom. The van der Waals surface area contributed by atoms with Gasteiger partial charge in [0.2, 0.25) is 0 Å². The molecule has 0 aliphatic carbocycles. The Labute approximate surface area is 93.1 Å². The van der Waals surface area contributed by atoms with Crippen molar-refractivity contribution in [2.75, 3.05) is 0 Å². The Morgan fingerprint density at radius 2 is 1.07 bits per heavy atom. The van der Waals surface area contributed by atoms with Crippen molar-refractivity contribution in [3.05, 3.63) is 0 Å². The zero-order chi connectivity index (χ0) is 10.6. The van der Waals surface area contributed by atoms with Crippen LogP contribution >= 0.6 is 0 Å². The summed E-state index contributed by atoms with van der Waals surface area (Å²) in [4.78, 5) is 0. The first-order chi connectivity index (χ1) is 6.77. The maximum atomic E-state index is 2.43. The smallest absolute Gasteiger partial charge is 0.0412 e. The summed E-state index contributed by atoms with van der Waals surface area (Å²) in [6.45, 7) is 7.14. The molecule has 0 saturated heterocycles. The maximum absolute atomic E-state index is 2.43. The van der Waals surface area contributed by atoms with Crippen LogP contribution in [0.4, 0.5) is 0 Å². The molecule has 0 aromatic heterocycles. The zero-order valence-electron chi connectivity index (χ0n) is 10.6. The lowest BCUT2D eigenvalue weighted by molar-refractivity contribution is 0.572. The molecule has 1 radical (unpaired) electrons. The van der Waals surface area contributed by atoms with Gasteiger partial charge in [0, 0.05) is 8.80 Å². The average molecular weight is 213 g/mol. The second-order valence-corrected chi connectivity index (χ2v) is 7.70. The Kier molecular flexibility index (Phi) is 11.5. The molecule has 0 saturated carbocycles. The van der Waals surface area contributed by atoms with Gasteiger partial charge in [0.05, 0.1) is 0 Å². The van der Waals surface area contributed by atoms with Crippen LogP contribution in [0.1, 0.15) is 64.7 Å². The van der Waals surface area contributed by atoms with Crippen LogP contribution in [0.5, 0.6) is 0 Å². The molecule has 14 heavy (non-hydrogen) atoms. The normalized spacial score (nSPS) is 11.1. The predicted molar refractivity (Wildman–Crippen MR) is 69.5 cm³/mol. The van der Waals surface area contributed by atoms with Crippen molar-refractivity contribution < 1.29 is 0 Å². The quantitative estimate of drug-likeness (QED) is 0.342. The van der Waals surface area contributed by atoms with E-state index in [1.54, 1.807) is 0 Å². The highest BCUT2D eigenvalue weighted by Gasteiger charge is 1.95. The minimum absolute atomic E-state index is 0.0611. The van der Waals surface area contributed by atoms with Gasteiger partial charge in [-0.1, -0.05) is 83.8 Å². The van der Waals surface area contributed by atoms with E-state index < -0.39 is 0 Å². The van der Waals surface area contributed by atoms with Crippen LogP contribution in [0.2, 0.25) is 19.1 Å². The Morgan fingerprint density at radius 1 is 0.643 bits per heavy atom. The van der Waals surface area contributed by atoms with Crippen molar-refractivity contribution in [3.8, 4) is 0 Å². The molecule has 0 rings (SSSR count). The average Bonchev–Trinajstić information content (AvgIpc) is 2.15. The molecule has 0 fully saturated rings. The third kappa shape index (κ3) is 12.2. The van der Waals surface area contributed by atoms with Gasteiger partial charge in [-0.15, -0.1) is 0 Å². The first-order valence-electron chi connectivity index (χ1n) is 6.56. The van der Waals surface area contributed by atoms with Gasteiger partial charge in [0.15, 0.2) is 0 Å². The van der Waals surface area contributed by atoms with E-state index in [-0.39, 0.29) is 8.80 Å². The molecule has 0 aromatic rings. The first kappa shape index (κ1) is 14.2. The zero-order valence-corrected chi connectivity index (χ0v) is 11.6. The molecule has 0 aliphatic rings. The fraction of sp³-hybridized carbons (Fsp3) is 1.00. The van der Waals surface area contributed by atoms with Gasteiger partial charge < -0.3 is 0 Å². The monoisotopic (exact) mass is 213 g/mol. The van der Waals surface area contributed by atoms with E-state index in [9.17, 15) is 0 Å². The van der Waals surface area contributed by atoms with Gasteiger partial charge in [-0.3, -0.25) is 0 Å². The third-order valence-corrected chi connectivity index (χ3v) is 4.13. The van der Waals surface area contributed by atoms with Gasteiger partial charge in [-0.05, 0) is 0 Å². The fourth-order valence-corrected chi connectivity index (χ4v) is 2.75. The number of rotatable bonds is 10. The Bertz CT molecular complexity index is 99.4.